The fourth-order valence-corrected chi connectivity index (χ4v) is 2.01. The van der Waals surface area contributed by atoms with Gasteiger partial charge in [0.05, 0.1) is 16.8 Å². The second kappa shape index (κ2) is 7.16. The Kier molecular flexibility index (Phi) is 5.02. The van der Waals surface area contributed by atoms with Crippen LogP contribution in [-0.4, -0.2) is 26.4 Å². The van der Waals surface area contributed by atoms with E-state index in [9.17, 15) is 14.9 Å². The van der Waals surface area contributed by atoms with Gasteiger partial charge in [-0.1, -0.05) is 12.1 Å². The first-order chi connectivity index (χ1) is 10.6. The summed E-state index contributed by atoms with van der Waals surface area (Å²) in [6, 6.07) is 6.18. The quantitative estimate of drug-likeness (QED) is 0.502. The molecule has 1 heterocycles. The van der Waals surface area contributed by atoms with Crippen LogP contribution in [0.5, 0.6) is 0 Å². The molecule has 1 amide bonds. The lowest BCUT2D eigenvalue weighted by molar-refractivity contribution is -0.385. The minimum Gasteiger partial charge on any atom is -0.348 e. The molecule has 0 aliphatic rings. The second-order valence-corrected chi connectivity index (χ2v) is 4.82. The summed E-state index contributed by atoms with van der Waals surface area (Å²) in [5, 5.41) is 13.7. The highest BCUT2D eigenvalue weighted by molar-refractivity contribution is 5.92. The van der Waals surface area contributed by atoms with Gasteiger partial charge in [-0.3, -0.25) is 14.9 Å². The summed E-state index contributed by atoms with van der Waals surface area (Å²) in [5.74, 6) is -0.300. The Labute approximate surface area is 127 Å². The molecule has 2 rings (SSSR count). The molecule has 1 atom stereocenters. The highest BCUT2D eigenvalue weighted by atomic mass is 16.6. The van der Waals surface area contributed by atoms with Crippen molar-refractivity contribution in [1.29, 1.82) is 0 Å². The van der Waals surface area contributed by atoms with Crippen molar-refractivity contribution in [1.82, 2.24) is 14.9 Å². The summed E-state index contributed by atoms with van der Waals surface area (Å²) in [6.07, 6.45) is 7.89. The number of nitrogens with zero attached hydrogens (tertiary/aromatic N) is 3. The molecule has 0 saturated carbocycles. The Morgan fingerprint density at radius 3 is 2.95 bits per heavy atom. The third kappa shape index (κ3) is 4.27. The molecule has 1 N–H and O–H groups in total. The van der Waals surface area contributed by atoms with Crippen molar-refractivity contribution in [3.63, 3.8) is 0 Å². The van der Waals surface area contributed by atoms with Crippen LogP contribution in [0.1, 0.15) is 12.5 Å². The number of hydrogen-bond acceptors (Lipinski definition) is 4. The van der Waals surface area contributed by atoms with Crippen molar-refractivity contribution in [2.24, 2.45) is 0 Å². The molecule has 0 spiro atoms. The Bertz CT molecular complexity index is 680. The van der Waals surface area contributed by atoms with Gasteiger partial charge < -0.3 is 9.88 Å². The van der Waals surface area contributed by atoms with Crippen molar-refractivity contribution < 1.29 is 9.72 Å². The van der Waals surface area contributed by atoms with Gasteiger partial charge in [0, 0.05) is 37.1 Å². The van der Waals surface area contributed by atoms with Crippen LogP contribution in [0.2, 0.25) is 0 Å². The van der Waals surface area contributed by atoms with Crippen LogP contribution in [0.15, 0.2) is 49.1 Å². The van der Waals surface area contributed by atoms with Gasteiger partial charge in [0.2, 0.25) is 5.91 Å². The fraction of sp³-hybridized carbons (Fsp3) is 0.200. The molecular formula is C15H16N4O3. The van der Waals surface area contributed by atoms with E-state index in [0.717, 1.165) is 0 Å². The minimum atomic E-state index is -0.473. The van der Waals surface area contributed by atoms with Gasteiger partial charge in [0.1, 0.15) is 0 Å². The summed E-state index contributed by atoms with van der Waals surface area (Å²) in [4.78, 5) is 26.2. The summed E-state index contributed by atoms with van der Waals surface area (Å²) in [5.41, 5.74) is 0.364. The fourth-order valence-electron chi connectivity index (χ4n) is 2.01. The van der Waals surface area contributed by atoms with E-state index in [1.807, 2.05) is 17.7 Å². The van der Waals surface area contributed by atoms with E-state index in [2.05, 4.69) is 10.3 Å². The lowest BCUT2D eigenvalue weighted by Gasteiger charge is -2.12. The number of nitro benzene ring substituents is 1. The molecule has 0 aliphatic heterocycles. The van der Waals surface area contributed by atoms with E-state index in [-0.39, 0.29) is 17.6 Å². The maximum atomic E-state index is 11.8. The maximum Gasteiger partial charge on any atom is 0.276 e. The van der Waals surface area contributed by atoms with Crippen molar-refractivity contribution >= 4 is 17.7 Å². The summed E-state index contributed by atoms with van der Waals surface area (Å²) in [7, 11) is 0. The number of carbonyl (C=O) groups is 1. The van der Waals surface area contributed by atoms with Gasteiger partial charge in [-0.15, -0.1) is 0 Å². The van der Waals surface area contributed by atoms with Gasteiger partial charge in [-0.25, -0.2) is 4.98 Å². The van der Waals surface area contributed by atoms with E-state index in [0.29, 0.717) is 12.1 Å². The number of carbonyl (C=O) groups excluding carboxylic acids is 1. The standard InChI is InChI=1S/C15H16N4O3/c1-12(10-18-9-8-16-11-18)17-15(20)7-6-13-4-2-3-5-14(13)19(21)22/h2-9,11-12H,10H2,1H3,(H,17,20)/b7-6-/t12-/m0/s1. The number of imidazole rings is 1. The third-order valence-electron chi connectivity index (χ3n) is 2.98. The highest BCUT2D eigenvalue weighted by Crippen LogP contribution is 2.18. The summed E-state index contributed by atoms with van der Waals surface area (Å²) in [6.45, 7) is 2.47. The first-order valence-electron chi connectivity index (χ1n) is 6.74. The van der Waals surface area contributed by atoms with Crippen LogP contribution >= 0.6 is 0 Å². The molecule has 2 aromatic rings. The molecule has 1 aromatic heterocycles. The first-order valence-corrected chi connectivity index (χ1v) is 6.74. The van der Waals surface area contributed by atoms with Gasteiger partial charge in [0.25, 0.3) is 5.69 Å². The van der Waals surface area contributed by atoms with E-state index >= 15 is 0 Å². The topological polar surface area (TPSA) is 90.1 Å². The SMILES string of the molecule is C[C@@H](Cn1ccnc1)NC(=O)/C=C\c1ccccc1[N+](=O)[O-]. The molecule has 114 valence electrons. The molecular weight excluding hydrogens is 284 g/mol. The Morgan fingerprint density at radius 1 is 1.50 bits per heavy atom. The van der Waals surface area contributed by atoms with E-state index in [1.165, 1.54) is 18.2 Å². The number of amides is 1. The Balaban J connectivity index is 1.95. The molecule has 0 radical (unpaired) electrons. The van der Waals surface area contributed by atoms with Crippen molar-refractivity contribution in [3.8, 4) is 0 Å². The van der Waals surface area contributed by atoms with Crippen molar-refractivity contribution in [2.45, 2.75) is 19.5 Å². The zero-order valence-electron chi connectivity index (χ0n) is 12.0. The van der Waals surface area contributed by atoms with Crippen LogP contribution in [0, 0.1) is 10.1 Å². The second-order valence-electron chi connectivity index (χ2n) is 4.82. The molecule has 0 fully saturated rings. The highest BCUT2D eigenvalue weighted by Gasteiger charge is 2.10. The largest absolute Gasteiger partial charge is 0.348 e. The average Bonchev–Trinajstić information content (AvgIpc) is 2.98. The first kappa shape index (κ1) is 15.4. The van der Waals surface area contributed by atoms with E-state index in [4.69, 9.17) is 0 Å². The molecule has 1 aromatic carbocycles. The number of nitro groups is 1. The number of nitrogens with one attached hydrogen (secondary N) is 1. The minimum absolute atomic E-state index is 0.0296. The molecule has 7 nitrogen and oxygen atoms in total. The predicted octanol–water partition coefficient (Wildman–Crippen LogP) is 2.01. The van der Waals surface area contributed by atoms with Gasteiger partial charge >= 0.3 is 0 Å². The molecule has 7 heteroatoms. The average molecular weight is 300 g/mol. The smallest absolute Gasteiger partial charge is 0.276 e. The number of rotatable bonds is 6. The number of aromatic nitrogens is 2. The molecule has 0 aliphatic carbocycles. The van der Waals surface area contributed by atoms with E-state index in [1.54, 1.807) is 30.7 Å². The third-order valence-corrected chi connectivity index (χ3v) is 2.98. The maximum absolute atomic E-state index is 11.8. The van der Waals surface area contributed by atoms with Crippen molar-refractivity contribution in [3.05, 3.63) is 64.7 Å². The predicted molar refractivity (Wildman–Crippen MR) is 82.0 cm³/mol. The number of benzene rings is 1. The lowest BCUT2D eigenvalue weighted by Crippen LogP contribution is -2.34. The number of hydrogen-bond donors (Lipinski definition) is 1. The molecule has 22 heavy (non-hydrogen) atoms. The molecule has 0 unspecified atom stereocenters. The van der Waals surface area contributed by atoms with Crippen LogP contribution in [-0.2, 0) is 11.3 Å². The van der Waals surface area contributed by atoms with Crippen molar-refractivity contribution in [2.75, 3.05) is 0 Å². The van der Waals surface area contributed by atoms with E-state index < -0.39 is 4.92 Å². The summed E-state index contributed by atoms with van der Waals surface area (Å²) >= 11 is 0. The number of para-hydroxylation sites is 1. The zero-order valence-corrected chi connectivity index (χ0v) is 12.0. The van der Waals surface area contributed by atoms with Crippen LogP contribution in [0.3, 0.4) is 0 Å². The Hall–Kier alpha value is -2.96. The summed E-state index contributed by atoms with van der Waals surface area (Å²) < 4.78 is 1.86. The monoisotopic (exact) mass is 300 g/mol. The molecule has 0 bridgehead atoms. The molecule has 0 saturated heterocycles. The van der Waals surface area contributed by atoms with Gasteiger partial charge in [-0.05, 0) is 19.1 Å². The van der Waals surface area contributed by atoms with Crippen LogP contribution in [0.25, 0.3) is 6.08 Å². The van der Waals surface area contributed by atoms with Gasteiger partial charge in [-0.2, -0.15) is 0 Å². The lowest BCUT2D eigenvalue weighted by atomic mass is 10.1. The zero-order chi connectivity index (χ0) is 15.9. The van der Waals surface area contributed by atoms with Gasteiger partial charge in [0.15, 0.2) is 0 Å². The normalized spacial score (nSPS) is 12.2. The van der Waals surface area contributed by atoms with Crippen LogP contribution < -0.4 is 5.32 Å². The van der Waals surface area contributed by atoms with Crippen LogP contribution in [0.4, 0.5) is 5.69 Å². The Morgan fingerprint density at radius 2 is 2.27 bits per heavy atom.